The van der Waals surface area contributed by atoms with Gasteiger partial charge in [0.05, 0.1) is 11.8 Å². The molecule has 2 N–H and O–H groups in total. The van der Waals surface area contributed by atoms with Crippen LogP contribution < -0.4 is 10.6 Å². The van der Waals surface area contributed by atoms with Crippen molar-refractivity contribution in [3.63, 3.8) is 0 Å². The van der Waals surface area contributed by atoms with Gasteiger partial charge in [0, 0.05) is 19.6 Å². The number of halogens is 4. The minimum atomic E-state index is -4.38. The van der Waals surface area contributed by atoms with E-state index in [1.165, 1.54) is 12.1 Å². The third-order valence-corrected chi connectivity index (χ3v) is 3.97. The summed E-state index contributed by atoms with van der Waals surface area (Å²) in [5, 5.41) is 5.16. The van der Waals surface area contributed by atoms with Crippen LogP contribution >= 0.6 is 0 Å². The Balaban J connectivity index is 1.87. The van der Waals surface area contributed by atoms with Gasteiger partial charge in [-0.1, -0.05) is 6.07 Å². The van der Waals surface area contributed by atoms with Crippen molar-refractivity contribution < 1.29 is 22.4 Å². The van der Waals surface area contributed by atoms with E-state index in [1.54, 1.807) is 13.0 Å². The van der Waals surface area contributed by atoms with Crippen LogP contribution in [0.5, 0.6) is 0 Å². The molecule has 1 aliphatic heterocycles. The molecular weight excluding hydrogens is 300 g/mol. The Hall–Kier alpha value is -1.63. The fourth-order valence-corrected chi connectivity index (χ4v) is 2.69. The highest BCUT2D eigenvalue weighted by Gasteiger charge is 2.49. The highest BCUT2D eigenvalue weighted by atomic mass is 19.4. The number of carbonyl (C=O) groups is 1. The quantitative estimate of drug-likeness (QED) is 0.836. The molecule has 0 bridgehead atoms. The van der Waals surface area contributed by atoms with Crippen molar-refractivity contribution in [3.8, 4) is 0 Å². The highest BCUT2D eigenvalue weighted by molar-refractivity contribution is 5.79. The van der Waals surface area contributed by atoms with Crippen molar-refractivity contribution in [2.75, 3.05) is 19.6 Å². The summed E-state index contributed by atoms with van der Waals surface area (Å²) in [5.41, 5.74) is 1.61. The van der Waals surface area contributed by atoms with Crippen LogP contribution in [-0.2, 0) is 11.2 Å². The first-order chi connectivity index (χ1) is 10.3. The van der Waals surface area contributed by atoms with Crippen LogP contribution in [0.2, 0.25) is 0 Å². The summed E-state index contributed by atoms with van der Waals surface area (Å²) in [6.07, 6.45) is -3.92. The van der Waals surface area contributed by atoms with E-state index in [0.29, 0.717) is 6.42 Å². The average molecular weight is 318 g/mol. The molecule has 0 saturated carbocycles. The molecule has 1 aromatic carbocycles. The monoisotopic (exact) mass is 318 g/mol. The predicted octanol–water partition coefficient (Wildman–Crippen LogP) is 2.19. The predicted molar refractivity (Wildman–Crippen MR) is 73.8 cm³/mol. The van der Waals surface area contributed by atoms with Crippen molar-refractivity contribution >= 4 is 5.91 Å². The molecule has 0 aromatic heterocycles. The minimum Gasteiger partial charge on any atom is -0.355 e. The summed E-state index contributed by atoms with van der Waals surface area (Å²) in [6.45, 7) is 1.79. The SMILES string of the molecule is Cc1cc(F)ccc1CCNC(=O)[C@@H]1CNC[C@H]1C(F)(F)F. The Labute approximate surface area is 126 Å². The molecule has 1 heterocycles. The standard InChI is InChI=1S/C15H18F4N2O/c1-9-6-11(16)3-2-10(9)4-5-21-14(22)12-7-20-8-13(12)15(17,18)19/h2-3,6,12-13,20H,4-5,7-8H2,1H3,(H,21,22)/t12-,13-/m1/s1. The number of hydrogen-bond acceptors (Lipinski definition) is 2. The molecule has 2 rings (SSSR count). The van der Waals surface area contributed by atoms with Gasteiger partial charge in [0.25, 0.3) is 0 Å². The van der Waals surface area contributed by atoms with E-state index in [0.717, 1.165) is 11.1 Å². The second kappa shape index (κ2) is 6.64. The van der Waals surface area contributed by atoms with Crippen LogP contribution in [0.15, 0.2) is 18.2 Å². The van der Waals surface area contributed by atoms with E-state index in [2.05, 4.69) is 10.6 Å². The number of alkyl halides is 3. The lowest BCUT2D eigenvalue weighted by Crippen LogP contribution is -2.40. The zero-order valence-electron chi connectivity index (χ0n) is 12.1. The summed E-state index contributed by atoms with van der Waals surface area (Å²) in [7, 11) is 0. The molecule has 7 heteroatoms. The van der Waals surface area contributed by atoms with Gasteiger partial charge in [0.1, 0.15) is 5.82 Å². The van der Waals surface area contributed by atoms with Crippen molar-refractivity contribution in [1.29, 1.82) is 0 Å². The molecule has 1 amide bonds. The minimum absolute atomic E-state index is 0.0333. The van der Waals surface area contributed by atoms with E-state index in [-0.39, 0.29) is 25.5 Å². The average Bonchev–Trinajstić information content (AvgIpc) is 2.90. The van der Waals surface area contributed by atoms with Gasteiger partial charge in [-0.15, -0.1) is 0 Å². The third-order valence-electron chi connectivity index (χ3n) is 3.97. The van der Waals surface area contributed by atoms with E-state index < -0.39 is 23.9 Å². The van der Waals surface area contributed by atoms with Gasteiger partial charge >= 0.3 is 6.18 Å². The number of nitrogens with one attached hydrogen (secondary N) is 2. The first-order valence-corrected chi connectivity index (χ1v) is 7.09. The smallest absolute Gasteiger partial charge is 0.355 e. The zero-order chi connectivity index (χ0) is 16.3. The molecule has 2 atom stereocenters. The van der Waals surface area contributed by atoms with Gasteiger partial charge in [-0.2, -0.15) is 13.2 Å². The summed E-state index contributed by atoms with van der Waals surface area (Å²) < 4.78 is 51.4. The molecule has 3 nitrogen and oxygen atoms in total. The number of carbonyl (C=O) groups excluding carboxylic acids is 1. The zero-order valence-corrected chi connectivity index (χ0v) is 12.1. The molecule has 1 aromatic rings. The molecule has 0 radical (unpaired) electrons. The lowest BCUT2D eigenvalue weighted by molar-refractivity contribution is -0.182. The van der Waals surface area contributed by atoms with Crippen LogP contribution in [0.4, 0.5) is 17.6 Å². The highest BCUT2D eigenvalue weighted by Crippen LogP contribution is 2.34. The molecule has 1 saturated heterocycles. The Bertz CT molecular complexity index is 545. The van der Waals surface area contributed by atoms with Crippen LogP contribution in [0, 0.1) is 24.6 Å². The Kier molecular flexibility index (Phi) is 5.05. The largest absolute Gasteiger partial charge is 0.393 e. The first-order valence-electron chi connectivity index (χ1n) is 7.09. The maximum absolute atomic E-state index is 13.0. The molecule has 0 aliphatic carbocycles. The van der Waals surface area contributed by atoms with E-state index in [1.807, 2.05) is 0 Å². The lowest BCUT2D eigenvalue weighted by Gasteiger charge is -2.20. The van der Waals surface area contributed by atoms with Crippen LogP contribution in [0.25, 0.3) is 0 Å². The van der Waals surface area contributed by atoms with E-state index in [9.17, 15) is 22.4 Å². The van der Waals surface area contributed by atoms with Gasteiger partial charge in [0.2, 0.25) is 5.91 Å². The van der Waals surface area contributed by atoms with Crippen LogP contribution in [0.3, 0.4) is 0 Å². The summed E-state index contributed by atoms with van der Waals surface area (Å²) in [5.74, 6) is -3.66. The van der Waals surface area contributed by atoms with E-state index in [4.69, 9.17) is 0 Å². The van der Waals surface area contributed by atoms with Gasteiger partial charge in [-0.05, 0) is 36.6 Å². The molecule has 1 fully saturated rings. The number of rotatable bonds is 4. The van der Waals surface area contributed by atoms with Crippen LogP contribution in [-0.4, -0.2) is 31.7 Å². The molecule has 122 valence electrons. The van der Waals surface area contributed by atoms with Crippen LogP contribution in [0.1, 0.15) is 11.1 Å². The molecule has 22 heavy (non-hydrogen) atoms. The lowest BCUT2D eigenvalue weighted by atomic mass is 9.94. The second-order valence-corrected chi connectivity index (χ2v) is 5.52. The molecule has 0 spiro atoms. The Morgan fingerprint density at radius 3 is 2.73 bits per heavy atom. The van der Waals surface area contributed by atoms with Crippen molar-refractivity contribution in [3.05, 3.63) is 35.1 Å². The molecular formula is C15H18F4N2O. The summed E-state index contributed by atoms with van der Waals surface area (Å²) in [6, 6.07) is 4.33. The van der Waals surface area contributed by atoms with Gasteiger partial charge < -0.3 is 10.6 Å². The van der Waals surface area contributed by atoms with Crippen molar-refractivity contribution in [2.24, 2.45) is 11.8 Å². The fraction of sp³-hybridized carbons (Fsp3) is 0.533. The van der Waals surface area contributed by atoms with E-state index >= 15 is 0 Å². The molecule has 0 unspecified atom stereocenters. The Morgan fingerprint density at radius 2 is 2.09 bits per heavy atom. The fourth-order valence-electron chi connectivity index (χ4n) is 2.69. The Morgan fingerprint density at radius 1 is 1.36 bits per heavy atom. The number of benzene rings is 1. The summed E-state index contributed by atoms with van der Waals surface area (Å²) in [4.78, 5) is 11.9. The molecule has 1 aliphatic rings. The number of aryl methyl sites for hydroxylation is 1. The normalized spacial score (nSPS) is 21.9. The van der Waals surface area contributed by atoms with Crippen molar-refractivity contribution in [1.82, 2.24) is 10.6 Å². The summed E-state index contributed by atoms with van der Waals surface area (Å²) >= 11 is 0. The maximum Gasteiger partial charge on any atom is 0.393 e. The maximum atomic E-state index is 13.0. The number of hydrogen-bond donors (Lipinski definition) is 2. The van der Waals surface area contributed by atoms with Gasteiger partial charge in [-0.25, -0.2) is 4.39 Å². The second-order valence-electron chi connectivity index (χ2n) is 5.52. The topological polar surface area (TPSA) is 41.1 Å². The number of amides is 1. The first kappa shape index (κ1) is 16.7. The van der Waals surface area contributed by atoms with Gasteiger partial charge in [0.15, 0.2) is 0 Å². The van der Waals surface area contributed by atoms with Crippen molar-refractivity contribution in [2.45, 2.75) is 19.5 Å². The van der Waals surface area contributed by atoms with Gasteiger partial charge in [-0.3, -0.25) is 4.79 Å². The third kappa shape index (κ3) is 3.97.